The van der Waals surface area contributed by atoms with E-state index in [-0.39, 0.29) is 33.6 Å². The van der Waals surface area contributed by atoms with Crippen LogP contribution in [0.25, 0.3) is 11.1 Å². The Morgan fingerprint density at radius 1 is 0.514 bits per heavy atom. The van der Waals surface area contributed by atoms with Gasteiger partial charge in [-0.05, 0) is 49.9 Å². The lowest BCUT2D eigenvalue weighted by Crippen LogP contribution is -2.35. The van der Waals surface area contributed by atoms with E-state index >= 15 is 17.6 Å². The van der Waals surface area contributed by atoms with Crippen LogP contribution in [-0.4, -0.2) is 0 Å². The van der Waals surface area contributed by atoms with Gasteiger partial charge in [0, 0.05) is 44.8 Å². The second-order valence-corrected chi connectivity index (χ2v) is 9.17. The van der Waals surface area contributed by atoms with E-state index in [4.69, 9.17) is 11.5 Å². The van der Waals surface area contributed by atoms with Crippen molar-refractivity contribution in [3.05, 3.63) is 116 Å². The van der Waals surface area contributed by atoms with Crippen LogP contribution in [0.2, 0.25) is 0 Å². The van der Waals surface area contributed by atoms with E-state index in [2.05, 4.69) is 0 Å². The zero-order valence-corrected chi connectivity index (χ0v) is 19.8. The first-order valence-electron chi connectivity index (χ1n) is 11.2. The quantitative estimate of drug-likeness (QED) is 0.213. The molecule has 0 fully saturated rings. The maximum Gasteiger partial charge on any atom is 0.135 e. The highest BCUT2D eigenvalue weighted by Crippen LogP contribution is 2.59. The topological polar surface area (TPSA) is 52.0 Å². The molecule has 4 N–H and O–H groups in total. The third kappa shape index (κ3) is 2.71. The van der Waals surface area contributed by atoms with Crippen LogP contribution in [-0.2, 0) is 5.41 Å². The minimum Gasteiger partial charge on any atom is -0.398 e. The standard InChI is InChI=1S/C29H24F4N2/c1-13-23(30)21(24(31)14(2)27(13)34)29(22-25(32)15(3)28(35)16(4)26(22)33)19-11-7-5-9-17(19)18-10-6-8-12-20(18)29/h5-12H,34-35H2,1-4H3. The number of benzene rings is 4. The van der Waals surface area contributed by atoms with Crippen LogP contribution in [0.15, 0.2) is 48.5 Å². The van der Waals surface area contributed by atoms with Gasteiger partial charge in [0.25, 0.3) is 0 Å². The van der Waals surface area contributed by atoms with Crippen LogP contribution in [0.1, 0.15) is 44.5 Å². The fourth-order valence-corrected chi connectivity index (χ4v) is 5.54. The number of halogens is 4. The molecule has 35 heavy (non-hydrogen) atoms. The number of hydrogen-bond acceptors (Lipinski definition) is 2. The molecule has 0 atom stereocenters. The Labute approximate surface area is 201 Å². The molecule has 0 saturated heterocycles. The minimum atomic E-state index is -1.96. The molecule has 0 saturated carbocycles. The van der Waals surface area contributed by atoms with Crippen molar-refractivity contribution in [1.29, 1.82) is 0 Å². The molecule has 0 amide bonds. The Balaban J connectivity index is 2.15. The Morgan fingerprint density at radius 2 is 0.800 bits per heavy atom. The Hall–Kier alpha value is -3.80. The van der Waals surface area contributed by atoms with Crippen LogP contribution in [0.3, 0.4) is 0 Å². The van der Waals surface area contributed by atoms with Crippen LogP contribution in [0, 0.1) is 51.0 Å². The Bertz CT molecular complexity index is 1380. The van der Waals surface area contributed by atoms with Gasteiger partial charge in [0.15, 0.2) is 0 Å². The van der Waals surface area contributed by atoms with Gasteiger partial charge < -0.3 is 11.5 Å². The zero-order valence-electron chi connectivity index (χ0n) is 19.8. The van der Waals surface area contributed by atoms with Crippen LogP contribution in [0.4, 0.5) is 28.9 Å². The van der Waals surface area contributed by atoms with Crippen LogP contribution >= 0.6 is 0 Å². The first-order valence-corrected chi connectivity index (χ1v) is 11.2. The predicted molar refractivity (Wildman–Crippen MR) is 131 cm³/mol. The Morgan fingerprint density at radius 3 is 1.11 bits per heavy atom. The Kier molecular flexibility index (Phi) is 4.99. The van der Waals surface area contributed by atoms with Gasteiger partial charge >= 0.3 is 0 Å². The average Bonchev–Trinajstić information content (AvgIpc) is 3.15. The van der Waals surface area contributed by atoms with Crippen LogP contribution < -0.4 is 11.5 Å². The molecule has 1 aliphatic rings. The van der Waals surface area contributed by atoms with Gasteiger partial charge in [-0.15, -0.1) is 0 Å². The second-order valence-electron chi connectivity index (χ2n) is 9.17. The molecule has 0 aliphatic heterocycles. The van der Waals surface area contributed by atoms with Crippen LogP contribution in [0.5, 0.6) is 0 Å². The van der Waals surface area contributed by atoms with Crippen molar-refractivity contribution in [2.24, 2.45) is 0 Å². The van der Waals surface area contributed by atoms with Crippen molar-refractivity contribution < 1.29 is 17.6 Å². The smallest absolute Gasteiger partial charge is 0.135 e. The van der Waals surface area contributed by atoms with Gasteiger partial charge in [-0.1, -0.05) is 48.5 Å². The molecule has 0 spiro atoms. The lowest BCUT2D eigenvalue weighted by Gasteiger charge is -2.36. The molecule has 0 radical (unpaired) electrons. The van der Waals surface area contributed by atoms with E-state index in [0.717, 1.165) is 0 Å². The highest BCUT2D eigenvalue weighted by molar-refractivity contribution is 5.87. The van der Waals surface area contributed by atoms with E-state index in [9.17, 15) is 0 Å². The minimum absolute atomic E-state index is 0.0184. The number of anilines is 2. The number of fused-ring (bicyclic) bond motifs is 3. The second kappa shape index (κ2) is 7.60. The maximum absolute atomic E-state index is 16.2. The van der Waals surface area contributed by atoms with Gasteiger partial charge in [-0.3, -0.25) is 0 Å². The average molecular weight is 477 g/mol. The third-order valence-corrected chi connectivity index (χ3v) is 7.51. The molecular formula is C29H24F4N2. The molecule has 4 aromatic rings. The van der Waals surface area contributed by atoms with E-state index in [1.54, 1.807) is 48.5 Å². The molecule has 178 valence electrons. The molecule has 0 aromatic heterocycles. The molecule has 0 unspecified atom stereocenters. The summed E-state index contributed by atoms with van der Waals surface area (Å²) in [5.41, 5.74) is 11.2. The highest BCUT2D eigenvalue weighted by Gasteiger charge is 2.53. The zero-order chi connectivity index (χ0) is 25.4. The molecular weight excluding hydrogens is 452 g/mol. The van der Waals surface area contributed by atoms with Gasteiger partial charge in [-0.25, -0.2) is 17.6 Å². The van der Waals surface area contributed by atoms with Gasteiger partial charge in [0.05, 0.1) is 5.41 Å². The van der Waals surface area contributed by atoms with Gasteiger partial charge in [0.1, 0.15) is 23.3 Å². The molecule has 6 heteroatoms. The summed E-state index contributed by atoms with van der Waals surface area (Å²) < 4.78 is 64.9. The highest BCUT2D eigenvalue weighted by atomic mass is 19.1. The van der Waals surface area contributed by atoms with E-state index in [1.165, 1.54) is 27.7 Å². The monoisotopic (exact) mass is 476 g/mol. The van der Waals surface area contributed by atoms with Crippen molar-refractivity contribution in [1.82, 2.24) is 0 Å². The van der Waals surface area contributed by atoms with Crippen molar-refractivity contribution in [3.63, 3.8) is 0 Å². The molecule has 4 aromatic carbocycles. The fourth-order valence-electron chi connectivity index (χ4n) is 5.54. The van der Waals surface area contributed by atoms with Crippen molar-refractivity contribution in [2.45, 2.75) is 33.1 Å². The molecule has 1 aliphatic carbocycles. The fraction of sp³-hybridized carbons (Fsp3) is 0.172. The number of nitrogens with two attached hydrogens (primary N) is 2. The summed E-state index contributed by atoms with van der Waals surface area (Å²) in [6.07, 6.45) is 0. The number of rotatable bonds is 2. The summed E-state index contributed by atoms with van der Waals surface area (Å²) in [5, 5.41) is 0. The first-order chi connectivity index (χ1) is 16.6. The molecule has 2 nitrogen and oxygen atoms in total. The summed E-state index contributed by atoms with van der Waals surface area (Å²) in [7, 11) is 0. The maximum atomic E-state index is 16.2. The lowest BCUT2D eigenvalue weighted by atomic mass is 9.65. The van der Waals surface area contributed by atoms with E-state index < -0.39 is 39.8 Å². The summed E-state index contributed by atoms with van der Waals surface area (Å²) in [4.78, 5) is 0. The molecule has 5 rings (SSSR count). The number of hydrogen-bond donors (Lipinski definition) is 2. The summed E-state index contributed by atoms with van der Waals surface area (Å²) in [5.74, 6) is -3.77. The van der Waals surface area contributed by atoms with E-state index in [1.807, 2.05) is 0 Å². The SMILES string of the molecule is Cc1c(N)c(C)c(F)c(C2(c3c(F)c(C)c(N)c(C)c3F)c3ccccc3-c3ccccc32)c1F. The molecule has 0 bridgehead atoms. The predicted octanol–water partition coefficient (Wildman–Crippen LogP) is 7.00. The summed E-state index contributed by atoms with van der Waals surface area (Å²) >= 11 is 0. The molecule has 0 heterocycles. The van der Waals surface area contributed by atoms with Crippen molar-refractivity contribution >= 4 is 11.4 Å². The normalized spacial score (nSPS) is 13.6. The van der Waals surface area contributed by atoms with Crippen molar-refractivity contribution in [2.75, 3.05) is 11.5 Å². The first kappa shape index (κ1) is 23.0. The van der Waals surface area contributed by atoms with Crippen molar-refractivity contribution in [3.8, 4) is 11.1 Å². The largest absolute Gasteiger partial charge is 0.398 e. The summed E-state index contributed by atoms with van der Waals surface area (Å²) in [6, 6.07) is 13.8. The third-order valence-electron chi connectivity index (χ3n) is 7.51. The lowest BCUT2D eigenvalue weighted by molar-refractivity contribution is 0.480. The summed E-state index contributed by atoms with van der Waals surface area (Å²) in [6.45, 7) is 5.75. The van der Waals surface area contributed by atoms with E-state index in [0.29, 0.717) is 22.3 Å². The number of nitrogen functional groups attached to an aromatic ring is 2. The van der Waals surface area contributed by atoms with Gasteiger partial charge in [0.2, 0.25) is 0 Å². The van der Waals surface area contributed by atoms with Gasteiger partial charge in [-0.2, -0.15) is 0 Å².